The maximum Gasteiger partial charge on any atom is 0.226 e. The molecule has 6 heteroatoms. The summed E-state index contributed by atoms with van der Waals surface area (Å²) in [6.07, 6.45) is 1.60. The van der Waals surface area contributed by atoms with Crippen LogP contribution in [0, 0.1) is 0 Å². The molecule has 0 aliphatic carbocycles. The van der Waals surface area contributed by atoms with Crippen molar-refractivity contribution in [1.82, 2.24) is 10.3 Å². The van der Waals surface area contributed by atoms with E-state index in [2.05, 4.69) is 21.9 Å². The first kappa shape index (κ1) is 17.2. The predicted octanol–water partition coefficient (Wildman–Crippen LogP) is 2.94. The fourth-order valence-corrected chi connectivity index (χ4v) is 1.56. The van der Waals surface area contributed by atoms with E-state index in [1.165, 1.54) is 0 Å². The smallest absolute Gasteiger partial charge is 0.226 e. The number of hydrogen-bond donors (Lipinski definition) is 2. The summed E-state index contributed by atoms with van der Waals surface area (Å²) in [5.74, 6) is 0.960. The standard InChI is InChI=1S/C15H18N4O.HI/c1-11(2)8-17-15(16)18-9-13-10-20-14(19-13)12-6-4-3-5-7-12;/h3-7,10H,1,8-9H2,2H3,(H3,16,17,18);1H. The fourth-order valence-electron chi connectivity index (χ4n) is 1.56. The molecule has 0 bridgehead atoms. The number of nitrogens with two attached hydrogens (primary N) is 1. The summed E-state index contributed by atoms with van der Waals surface area (Å²) < 4.78 is 5.43. The van der Waals surface area contributed by atoms with E-state index in [1.54, 1.807) is 6.26 Å². The minimum Gasteiger partial charge on any atom is -0.444 e. The summed E-state index contributed by atoms with van der Waals surface area (Å²) in [6.45, 7) is 6.70. The Labute approximate surface area is 141 Å². The number of nitrogens with one attached hydrogen (secondary N) is 1. The third-order valence-electron chi connectivity index (χ3n) is 2.56. The highest BCUT2D eigenvalue weighted by Gasteiger charge is 2.05. The summed E-state index contributed by atoms with van der Waals surface area (Å²) >= 11 is 0. The van der Waals surface area contributed by atoms with Crippen LogP contribution in [0.25, 0.3) is 11.5 Å². The van der Waals surface area contributed by atoms with Gasteiger partial charge in [0, 0.05) is 12.1 Å². The van der Waals surface area contributed by atoms with Crippen molar-refractivity contribution < 1.29 is 4.42 Å². The minimum absolute atomic E-state index is 0. The van der Waals surface area contributed by atoms with Gasteiger partial charge in [-0.05, 0) is 19.1 Å². The molecule has 2 aromatic rings. The third kappa shape index (κ3) is 5.58. The van der Waals surface area contributed by atoms with E-state index < -0.39 is 0 Å². The Morgan fingerprint density at radius 1 is 1.38 bits per heavy atom. The van der Waals surface area contributed by atoms with Gasteiger partial charge < -0.3 is 15.5 Å². The third-order valence-corrected chi connectivity index (χ3v) is 2.56. The van der Waals surface area contributed by atoms with Gasteiger partial charge in [0.1, 0.15) is 12.0 Å². The lowest BCUT2D eigenvalue weighted by Crippen LogP contribution is -2.32. The molecule has 1 aromatic carbocycles. The molecule has 0 aliphatic rings. The Kier molecular flexibility index (Phi) is 6.93. The molecule has 1 heterocycles. The second-order valence-electron chi connectivity index (χ2n) is 4.52. The van der Waals surface area contributed by atoms with E-state index in [9.17, 15) is 0 Å². The molecule has 21 heavy (non-hydrogen) atoms. The average Bonchev–Trinajstić information content (AvgIpc) is 2.93. The SMILES string of the molecule is C=C(C)CNC(N)=NCc1coc(-c2ccccc2)n1.I. The molecule has 0 atom stereocenters. The van der Waals surface area contributed by atoms with Crippen LogP contribution < -0.4 is 11.1 Å². The maximum atomic E-state index is 5.73. The Bertz CT molecular complexity index is 607. The van der Waals surface area contributed by atoms with Gasteiger partial charge in [-0.25, -0.2) is 9.98 Å². The van der Waals surface area contributed by atoms with E-state index in [0.29, 0.717) is 24.9 Å². The van der Waals surface area contributed by atoms with E-state index in [4.69, 9.17) is 10.2 Å². The number of aromatic nitrogens is 1. The molecule has 0 radical (unpaired) electrons. The highest BCUT2D eigenvalue weighted by Crippen LogP contribution is 2.18. The second-order valence-corrected chi connectivity index (χ2v) is 4.52. The zero-order valence-corrected chi connectivity index (χ0v) is 14.2. The number of guanidine groups is 1. The Morgan fingerprint density at radius 3 is 2.76 bits per heavy atom. The first-order chi connectivity index (χ1) is 9.65. The Balaban J connectivity index is 0.00000220. The number of benzene rings is 1. The number of oxazole rings is 1. The molecule has 2 rings (SSSR count). The van der Waals surface area contributed by atoms with Gasteiger partial charge in [-0.1, -0.05) is 30.4 Å². The highest BCUT2D eigenvalue weighted by atomic mass is 127. The van der Waals surface area contributed by atoms with Gasteiger partial charge in [0.05, 0.1) is 6.54 Å². The number of halogens is 1. The van der Waals surface area contributed by atoms with Crippen LogP contribution in [0.1, 0.15) is 12.6 Å². The average molecular weight is 398 g/mol. The maximum absolute atomic E-state index is 5.73. The van der Waals surface area contributed by atoms with Crippen LogP contribution in [0.2, 0.25) is 0 Å². The molecule has 0 spiro atoms. The summed E-state index contributed by atoms with van der Waals surface area (Å²) in [6, 6.07) is 9.72. The van der Waals surface area contributed by atoms with Crippen LogP contribution in [0.4, 0.5) is 0 Å². The summed E-state index contributed by atoms with van der Waals surface area (Å²) in [7, 11) is 0. The van der Waals surface area contributed by atoms with Crippen LogP contribution in [-0.2, 0) is 6.54 Å². The zero-order chi connectivity index (χ0) is 14.4. The number of aliphatic imine (C=N–C) groups is 1. The monoisotopic (exact) mass is 398 g/mol. The number of nitrogens with zero attached hydrogens (tertiary/aromatic N) is 2. The van der Waals surface area contributed by atoms with Crippen molar-refractivity contribution in [3.63, 3.8) is 0 Å². The largest absolute Gasteiger partial charge is 0.444 e. The molecule has 5 nitrogen and oxygen atoms in total. The quantitative estimate of drug-likeness (QED) is 0.352. The van der Waals surface area contributed by atoms with Crippen molar-refractivity contribution in [1.29, 1.82) is 0 Å². The molecular weight excluding hydrogens is 379 g/mol. The molecule has 112 valence electrons. The molecule has 0 fully saturated rings. The number of rotatable bonds is 5. The van der Waals surface area contributed by atoms with Gasteiger partial charge in [-0.15, -0.1) is 24.0 Å². The molecule has 0 unspecified atom stereocenters. The van der Waals surface area contributed by atoms with Gasteiger partial charge >= 0.3 is 0 Å². The van der Waals surface area contributed by atoms with Gasteiger partial charge in [0.2, 0.25) is 5.89 Å². The van der Waals surface area contributed by atoms with Gasteiger partial charge in [0.15, 0.2) is 5.96 Å². The summed E-state index contributed by atoms with van der Waals surface area (Å²) in [5, 5.41) is 2.96. The van der Waals surface area contributed by atoms with Crippen molar-refractivity contribution in [2.24, 2.45) is 10.7 Å². The lowest BCUT2D eigenvalue weighted by atomic mass is 10.2. The summed E-state index contributed by atoms with van der Waals surface area (Å²) in [4.78, 5) is 8.57. The molecule has 0 aliphatic heterocycles. The lowest BCUT2D eigenvalue weighted by Gasteiger charge is -2.03. The molecule has 0 saturated heterocycles. The Hall–Kier alpha value is -1.83. The van der Waals surface area contributed by atoms with Gasteiger partial charge in [-0.3, -0.25) is 0 Å². The number of hydrogen-bond acceptors (Lipinski definition) is 3. The first-order valence-corrected chi connectivity index (χ1v) is 6.33. The van der Waals surface area contributed by atoms with Crippen LogP contribution in [0.5, 0.6) is 0 Å². The molecular formula is C15H19IN4O. The van der Waals surface area contributed by atoms with Crippen molar-refractivity contribution in [3.05, 3.63) is 54.4 Å². The van der Waals surface area contributed by atoms with E-state index >= 15 is 0 Å². The van der Waals surface area contributed by atoms with Gasteiger partial charge in [0.25, 0.3) is 0 Å². The lowest BCUT2D eigenvalue weighted by molar-refractivity contribution is 0.572. The molecule has 0 amide bonds. The molecule has 3 N–H and O–H groups in total. The van der Waals surface area contributed by atoms with Crippen molar-refractivity contribution in [2.45, 2.75) is 13.5 Å². The second kappa shape index (κ2) is 8.46. The normalized spacial score (nSPS) is 10.8. The van der Waals surface area contributed by atoms with E-state index in [0.717, 1.165) is 16.8 Å². The zero-order valence-electron chi connectivity index (χ0n) is 11.9. The molecule has 0 saturated carbocycles. The van der Waals surface area contributed by atoms with Crippen molar-refractivity contribution in [2.75, 3.05) is 6.54 Å². The van der Waals surface area contributed by atoms with E-state index in [1.807, 2.05) is 37.3 Å². The predicted molar refractivity (Wildman–Crippen MR) is 95.5 cm³/mol. The highest BCUT2D eigenvalue weighted by molar-refractivity contribution is 14.0. The Morgan fingerprint density at radius 2 is 2.10 bits per heavy atom. The fraction of sp³-hybridized carbons (Fsp3) is 0.200. The topological polar surface area (TPSA) is 76.4 Å². The van der Waals surface area contributed by atoms with E-state index in [-0.39, 0.29) is 24.0 Å². The van der Waals surface area contributed by atoms with Crippen LogP contribution in [0.15, 0.2) is 58.2 Å². The summed E-state index contributed by atoms with van der Waals surface area (Å²) in [5.41, 5.74) is 8.40. The first-order valence-electron chi connectivity index (χ1n) is 6.33. The minimum atomic E-state index is 0. The molecule has 1 aromatic heterocycles. The van der Waals surface area contributed by atoms with Gasteiger partial charge in [-0.2, -0.15) is 0 Å². The van der Waals surface area contributed by atoms with Crippen LogP contribution in [0.3, 0.4) is 0 Å². The van der Waals surface area contributed by atoms with Crippen molar-refractivity contribution in [3.8, 4) is 11.5 Å². The van der Waals surface area contributed by atoms with Crippen molar-refractivity contribution >= 4 is 29.9 Å². The van der Waals surface area contributed by atoms with Crippen LogP contribution >= 0.6 is 24.0 Å². The van der Waals surface area contributed by atoms with Crippen LogP contribution in [-0.4, -0.2) is 17.5 Å².